The number of benzene rings is 2. The van der Waals surface area contributed by atoms with E-state index in [1.54, 1.807) is 49.3 Å². The molecule has 0 bridgehead atoms. The van der Waals surface area contributed by atoms with Crippen molar-refractivity contribution in [3.63, 3.8) is 0 Å². The average Bonchev–Trinajstić information content (AvgIpc) is 3.31. The molecule has 2 heterocycles. The van der Waals surface area contributed by atoms with Gasteiger partial charge in [-0.15, -0.1) is 0 Å². The second-order valence-corrected chi connectivity index (χ2v) is 7.98. The number of nitrogens with zero attached hydrogens (tertiary/aromatic N) is 3. The lowest BCUT2D eigenvalue weighted by Crippen LogP contribution is -2.30. The molecule has 0 unspecified atom stereocenters. The number of carbonyl (C=O) groups excluding carboxylic acids is 2. The Morgan fingerprint density at radius 3 is 2.70 bits per heavy atom. The minimum atomic E-state index is -0.373. The van der Waals surface area contributed by atoms with Gasteiger partial charge in [0.15, 0.2) is 0 Å². The maximum Gasteiger partial charge on any atom is 0.259 e. The van der Waals surface area contributed by atoms with E-state index in [2.05, 4.69) is 15.3 Å². The fourth-order valence-corrected chi connectivity index (χ4v) is 3.96. The monoisotopic (exact) mass is 448 g/mol. The Kier molecular flexibility index (Phi) is 6.63. The zero-order chi connectivity index (χ0) is 23.4. The molecule has 2 aromatic carbocycles. The van der Waals surface area contributed by atoms with Crippen LogP contribution < -0.4 is 10.1 Å². The molecule has 1 fully saturated rings. The van der Waals surface area contributed by atoms with Crippen LogP contribution in [0, 0.1) is 12.7 Å². The number of hydrogen-bond donors (Lipinski definition) is 1. The lowest BCUT2D eigenvalue weighted by Gasteiger charge is -2.17. The van der Waals surface area contributed by atoms with Gasteiger partial charge in [-0.3, -0.25) is 9.59 Å². The van der Waals surface area contributed by atoms with Crippen molar-refractivity contribution in [2.45, 2.75) is 25.7 Å². The second kappa shape index (κ2) is 9.77. The lowest BCUT2D eigenvalue weighted by atomic mass is 10.1. The van der Waals surface area contributed by atoms with Crippen LogP contribution in [0.5, 0.6) is 5.75 Å². The molecule has 1 aliphatic heterocycles. The van der Waals surface area contributed by atoms with Crippen molar-refractivity contribution < 1.29 is 18.7 Å². The smallest absolute Gasteiger partial charge is 0.259 e. The van der Waals surface area contributed by atoms with Gasteiger partial charge in [-0.1, -0.05) is 30.3 Å². The Bertz CT molecular complexity index is 1180. The molecular formula is C25H25FN4O3. The predicted molar refractivity (Wildman–Crippen MR) is 122 cm³/mol. The van der Waals surface area contributed by atoms with E-state index in [0.29, 0.717) is 47.2 Å². The first-order chi connectivity index (χ1) is 16.0. The number of methoxy groups -OCH3 is 1. The van der Waals surface area contributed by atoms with E-state index in [9.17, 15) is 14.0 Å². The molecule has 1 atom stereocenters. The average molecular weight is 448 g/mol. The molecule has 7 nitrogen and oxygen atoms in total. The van der Waals surface area contributed by atoms with Gasteiger partial charge in [0.25, 0.3) is 5.91 Å². The van der Waals surface area contributed by atoms with Gasteiger partial charge in [-0.2, -0.15) is 0 Å². The number of anilines is 1. The third-order valence-electron chi connectivity index (χ3n) is 5.80. The van der Waals surface area contributed by atoms with Crippen LogP contribution >= 0.6 is 0 Å². The number of rotatable bonds is 6. The number of carbonyl (C=O) groups is 2. The first-order valence-corrected chi connectivity index (χ1v) is 10.8. The molecule has 1 aromatic heterocycles. The van der Waals surface area contributed by atoms with E-state index >= 15 is 0 Å². The van der Waals surface area contributed by atoms with Gasteiger partial charge in [-0.25, -0.2) is 14.4 Å². The molecule has 0 spiro atoms. The highest BCUT2D eigenvalue weighted by atomic mass is 19.1. The van der Waals surface area contributed by atoms with E-state index < -0.39 is 0 Å². The first kappa shape index (κ1) is 22.4. The number of aryl methyl sites for hydroxylation is 1. The number of hydrogen-bond acceptors (Lipinski definition) is 5. The van der Waals surface area contributed by atoms with E-state index in [-0.39, 0.29) is 30.0 Å². The summed E-state index contributed by atoms with van der Waals surface area (Å²) in [5.74, 6) is 0.320. The maximum absolute atomic E-state index is 13.9. The summed E-state index contributed by atoms with van der Waals surface area (Å²) in [4.78, 5) is 36.1. The van der Waals surface area contributed by atoms with Crippen molar-refractivity contribution in [1.29, 1.82) is 0 Å². The van der Waals surface area contributed by atoms with Crippen LogP contribution in [0.25, 0.3) is 0 Å². The minimum absolute atomic E-state index is 0.0281. The highest BCUT2D eigenvalue weighted by molar-refractivity contribution is 6.05. The Morgan fingerprint density at radius 1 is 1.18 bits per heavy atom. The van der Waals surface area contributed by atoms with E-state index in [0.717, 1.165) is 6.42 Å². The third-order valence-corrected chi connectivity index (χ3v) is 5.80. The van der Waals surface area contributed by atoms with Crippen molar-refractivity contribution >= 4 is 17.5 Å². The SMILES string of the molecule is COc1ccccc1NC(=O)c1cnc([C@H]2CCN(C(=O)Cc3ccccc3F)C2)nc1C. The molecule has 1 N–H and O–H groups in total. The molecule has 0 radical (unpaired) electrons. The van der Waals surface area contributed by atoms with Crippen molar-refractivity contribution in [2.24, 2.45) is 0 Å². The van der Waals surface area contributed by atoms with Gasteiger partial charge in [0.2, 0.25) is 5.91 Å². The van der Waals surface area contributed by atoms with Crippen LogP contribution in [0.2, 0.25) is 0 Å². The van der Waals surface area contributed by atoms with E-state index in [1.807, 2.05) is 12.1 Å². The highest BCUT2D eigenvalue weighted by Crippen LogP contribution is 2.27. The summed E-state index contributed by atoms with van der Waals surface area (Å²) >= 11 is 0. The van der Waals surface area contributed by atoms with E-state index in [4.69, 9.17) is 4.74 Å². The Labute approximate surface area is 191 Å². The molecule has 0 aliphatic carbocycles. The summed E-state index contributed by atoms with van der Waals surface area (Å²) in [5, 5.41) is 2.83. The summed E-state index contributed by atoms with van der Waals surface area (Å²) in [6.45, 7) is 2.80. The second-order valence-electron chi connectivity index (χ2n) is 7.98. The van der Waals surface area contributed by atoms with Crippen molar-refractivity contribution in [3.8, 4) is 5.75 Å². The Hall–Kier alpha value is -3.81. The van der Waals surface area contributed by atoms with Gasteiger partial charge in [0.05, 0.1) is 30.5 Å². The molecular weight excluding hydrogens is 423 g/mol. The zero-order valence-corrected chi connectivity index (χ0v) is 18.5. The lowest BCUT2D eigenvalue weighted by molar-refractivity contribution is -0.129. The molecule has 170 valence electrons. The number of nitrogens with one attached hydrogen (secondary N) is 1. The van der Waals surface area contributed by atoms with Crippen LogP contribution in [0.3, 0.4) is 0 Å². The van der Waals surface area contributed by atoms with Gasteiger partial charge < -0.3 is 15.0 Å². The molecule has 1 aliphatic rings. The molecule has 33 heavy (non-hydrogen) atoms. The number of ether oxygens (including phenoxy) is 1. The van der Waals surface area contributed by atoms with Gasteiger partial charge in [0, 0.05) is 25.2 Å². The summed E-state index contributed by atoms with van der Waals surface area (Å²) < 4.78 is 19.1. The molecule has 3 aromatic rings. The third kappa shape index (κ3) is 5.00. The minimum Gasteiger partial charge on any atom is -0.495 e. The number of halogens is 1. The Morgan fingerprint density at radius 2 is 1.94 bits per heavy atom. The maximum atomic E-state index is 13.9. The van der Waals surface area contributed by atoms with Crippen LogP contribution in [0.15, 0.2) is 54.7 Å². The van der Waals surface area contributed by atoms with Gasteiger partial charge in [-0.05, 0) is 37.1 Å². The van der Waals surface area contributed by atoms with Crippen LogP contribution in [0.1, 0.15) is 39.8 Å². The molecule has 1 saturated heterocycles. The first-order valence-electron chi connectivity index (χ1n) is 10.8. The Balaban J connectivity index is 1.41. The summed E-state index contributed by atoms with van der Waals surface area (Å²) in [6.07, 6.45) is 2.27. The summed E-state index contributed by atoms with van der Waals surface area (Å²) in [6, 6.07) is 13.5. The molecule has 2 amide bonds. The van der Waals surface area contributed by atoms with Crippen molar-refractivity contribution in [1.82, 2.24) is 14.9 Å². The molecule has 4 rings (SSSR count). The topological polar surface area (TPSA) is 84.4 Å². The van der Waals surface area contributed by atoms with Crippen molar-refractivity contribution in [3.05, 3.63) is 83.2 Å². The number of likely N-dealkylation sites (tertiary alicyclic amines) is 1. The van der Waals surface area contributed by atoms with E-state index in [1.165, 1.54) is 12.3 Å². The fourth-order valence-electron chi connectivity index (χ4n) is 3.96. The van der Waals surface area contributed by atoms with Crippen LogP contribution in [-0.4, -0.2) is 46.9 Å². The van der Waals surface area contributed by atoms with Gasteiger partial charge >= 0.3 is 0 Å². The molecule has 0 saturated carbocycles. The highest BCUT2D eigenvalue weighted by Gasteiger charge is 2.30. The fraction of sp³-hybridized carbons (Fsp3) is 0.280. The zero-order valence-electron chi connectivity index (χ0n) is 18.5. The largest absolute Gasteiger partial charge is 0.495 e. The van der Waals surface area contributed by atoms with Crippen LogP contribution in [0.4, 0.5) is 10.1 Å². The standard InChI is InChI=1S/C25H25FN4O3/c1-16-19(25(32)29-21-9-5-6-10-22(21)33-2)14-27-24(28-16)18-11-12-30(15-18)23(31)13-17-7-3-4-8-20(17)26/h3-10,14,18H,11-13,15H2,1-2H3,(H,29,32)/t18-/m0/s1. The summed E-state index contributed by atoms with van der Waals surface area (Å²) in [5.41, 5.74) is 1.88. The van der Waals surface area contributed by atoms with Crippen molar-refractivity contribution in [2.75, 3.05) is 25.5 Å². The predicted octanol–water partition coefficient (Wildman–Crippen LogP) is 3.74. The number of para-hydroxylation sites is 2. The summed E-state index contributed by atoms with van der Waals surface area (Å²) in [7, 11) is 1.54. The quantitative estimate of drug-likeness (QED) is 0.621. The molecule has 8 heteroatoms. The van der Waals surface area contributed by atoms with Gasteiger partial charge in [0.1, 0.15) is 17.4 Å². The number of amides is 2. The normalized spacial score (nSPS) is 15.4. The van der Waals surface area contributed by atoms with Crippen LogP contribution in [-0.2, 0) is 11.2 Å². The number of aromatic nitrogens is 2.